The molecule has 278 valence electrons. The van der Waals surface area contributed by atoms with Crippen molar-refractivity contribution in [1.29, 1.82) is 0 Å². The molecule has 0 saturated heterocycles. The largest absolute Gasteiger partial charge is 0.333 e. The van der Waals surface area contributed by atoms with Crippen molar-refractivity contribution in [2.45, 2.75) is 52.2 Å². The molecule has 0 aliphatic heterocycles. The molecule has 13 nitrogen and oxygen atoms in total. The van der Waals surface area contributed by atoms with Gasteiger partial charge >= 0.3 is 5.69 Å². The Bertz CT molecular complexity index is 2760. The van der Waals surface area contributed by atoms with Crippen molar-refractivity contribution in [2.75, 3.05) is 10.6 Å². The van der Waals surface area contributed by atoms with E-state index < -0.39 is 29.6 Å². The lowest BCUT2D eigenvalue weighted by Crippen LogP contribution is -2.43. The Morgan fingerprint density at radius 2 is 1.42 bits per heavy atom. The van der Waals surface area contributed by atoms with Crippen LogP contribution in [0.25, 0.3) is 16.9 Å². The first kappa shape index (κ1) is 35.5. The van der Waals surface area contributed by atoms with Crippen molar-refractivity contribution in [2.24, 2.45) is 7.05 Å². The van der Waals surface area contributed by atoms with Gasteiger partial charge in [0.25, 0.3) is 17.0 Å². The lowest BCUT2D eigenvalue weighted by molar-refractivity contribution is -0.116. The Morgan fingerprint density at radius 3 is 2.11 bits per heavy atom. The van der Waals surface area contributed by atoms with Gasteiger partial charge < -0.3 is 15.2 Å². The maximum absolute atomic E-state index is 14.2. The zero-order valence-electron chi connectivity index (χ0n) is 30.3. The summed E-state index contributed by atoms with van der Waals surface area (Å²) in [4.78, 5) is 75.5. The van der Waals surface area contributed by atoms with Crippen molar-refractivity contribution in [1.82, 2.24) is 28.0 Å². The highest BCUT2D eigenvalue weighted by Crippen LogP contribution is 2.38. The Balaban J connectivity index is 1.14. The maximum atomic E-state index is 14.2. The molecule has 0 spiro atoms. The first-order valence-electron chi connectivity index (χ1n) is 18.1. The second-order valence-electron chi connectivity index (χ2n) is 13.6. The van der Waals surface area contributed by atoms with Gasteiger partial charge in [-0.1, -0.05) is 78.9 Å². The third kappa shape index (κ3) is 6.65. The molecule has 8 rings (SSSR count). The number of carbonyl (C=O) groups excluding carboxylic acids is 2. The smallest absolute Gasteiger partial charge is 0.320 e. The van der Waals surface area contributed by atoms with E-state index >= 15 is 0 Å². The normalized spacial score (nSPS) is 12.5. The van der Waals surface area contributed by atoms with Crippen molar-refractivity contribution in [3.8, 4) is 5.69 Å². The van der Waals surface area contributed by atoms with E-state index in [2.05, 4.69) is 15.6 Å². The summed E-state index contributed by atoms with van der Waals surface area (Å²) >= 11 is 1.31. The van der Waals surface area contributed by atoms with Crippen molar-refractivity contribution in [3.63, 3.8) is 0 Å². The van der Waals surface area contributed by atoms with E-state index in [1.807, 2.05) is 91.0 Å². The number of anilines is 2. The average Bonchev–Trinajstić information content (AvgIpc) is 3.84. The second kappa shape index (κ2) is 14.7. The summed E-state index contributed by atoms with van der Waals surface area (Å²) in [6, 6.07) is 28.1. The molecule has 3 aromatic carbocycles. The monoisotopic (exact) mass is 754 g/mol. The Kier molecular flexibility index (Phi) is 9.49. The highest BCUT2D eigenvalue weighted by atomic mass is 32.1. The Hall–Kier alpha value is -6.54. The number of aromatic nitrogens is 6. The van der Waals surface area contributed by atoms with E-state index in [0.29, 0.717) is 29.3 Å². The third-order valence-corrected chi connectivity index (χ3v) is 11.3. The minimum atomic E-state index is -0.681. The summed E-state index contributed by atoms with van der Waals surface area (Å²) in [6.07, 6.45) is 4.73. The molecule has 4 aromatic heterocycles. The highest BCUT2D eigenvalue weighted by Gasteiger charge is 2.29. The van der Waals surface area contributed by atoms with Gasteiger partial charge in [-0.25, -0.2) is 19.0 Å². The number of aryl methyl sites for hydroxylation is 1. The summed E-state index contributed by atoms with van der Waals surface area (Å²) in [5.74, 6) is -1.16. The molecule has 0 saturated carbocycles. The van der Waals surface area contributed by atoms with Crippen molar-refractivity contribution < 1.29 is 9.59 Å². The topological polar surface area (TPSA) is 147 Å². The molecule has 1 aliphatic rings. The Labute approximate surface area is 318 Å². The molecule has 0 radical (unpaired) electrons. The fourth-order valence-electron chi connectivity index (χ4n) is 7.28. The second-order valence-corrected chi connectivity index (χ2v) is 14.7. The average molecular weight is 755 g/mol. The molecule has 0 bridgehead atoms. The van der Waals surface area contributed by atoms with Gasteiger partial charge in [0.2, 0.25) is 5.91 Å². The van der Waals surface area contributed by atoms with Gasteiger partial charge in [-0.15, -0.1) is 11.3 Å². The van der Waals surface area contributed by atoms with Crippen LogP contribution in [0.15, 0.2) is 112 Å². The lowest BCUT2D eigenvalue weighted by Gasteiger charge is -2.14. The van der Waals surface area contributed by atoms with Gasteiger partial charge in [0.05, 0.1) is 29.8 Å². The number of thiophene rings is 1. The summed E-state index contributed by atoms with van der Waals surface area (Å²) in [6.45, 7) is 1.63. The quantitative estimate of drug-likeness (QED) is 0.199. The van der Waals surface area contributed by atoms with Crippen LogP contribution >= 0.6 is 11.3 Å². The molecule has 55 heavy (non-hydrogen) atoms. The van der Waals surface area contributed by atoms with Crippen LogP contribution in [0.3, 0.4) is 0 Å². The fraction of sp³-hybridized carbons (Fsp3) is 0.220. The number of nitrogens with one attached hydrogen (secondary N) is 2. The molecule has 0 atom stereocenters. The zero-order chi connectivity index (χ0) is 38.2. The molecule has 2 amide bonds. The first-order valence-corrected chi connectivity index (χ1v) is 18.9. The minimum Gasteiger partial charge on any atom is -0.320 e. The standard InChI is InChI=1S/C41H38N8O5S/c1-26-34(39(52)49(45(26)2)29-18-10-5-11-19-29)44-37(51)33-30-20-12-13-21-31(30)55-38(33)43-32(50)24-48-40(53)35-36(42-25-46(35)22-27-14-6-3-7-15-27)47(41(48)54)23-28-16-8-4-9-17-28/h3-11,14-19,25H,12-13,20-24H2,1-2H3,(H,43,50)(H,44,51). The predicted molar refractivity (Wildman–Crippen MR) is 213 cm³/mol. The van der Waals surface area contributed by atoms with Crippen LogP contribution < -0.4 is 27.4 Å². The van der Waals surface area contributed by atoms with E-state index in [4.69, 9.17) is 0 Å². The van der Waals surface area contributed by atoms with Gasteiger partial charge in [0.1, 0.15) is 17.2 Å². The molecule has 2 N–H and O–H groups in total. The number of benzene rings is 3. The SMILES string of the molecule is Cc1c(NC(=O)c2c(NC(=O)Cn3c(=O)c4c(ncn4Cc4ccccc4)n(Cc4ccccc4)c3=O)sc3c2CCCC3)c(=O)n(-c2ccccc2)n1C. The van der Waals surface area contributed by atoms with Gasteiger partial charge in [-0.3, -0.25) is 28.4 Å². The number of amides is 2. The number of hydrogen-bond acceptors (Lipinski definition) is 7. The number of hydrogen-bond donors (Lipinski definition) is 2. The van der Waals surface area contributed by atoms with Crippen LogP contribution in [0.1, 0.15) is 50.5 Å². The lowest BCUT2D eigenvalue weighted by atomic mass is 9.95. The van der Waals surface area contributed by atoms with E-state index in [1.54, 1.807) is 23.2 Å². The first-order chi connectivity index (χ1) is 26.7. The maximum Gasteiger partial charge on any atom is 0.333 e. The van der Waals surface area contributed by atoms with Crippen LogP contribution in [-0.2, 0) is 44.3 Å². The minimum absolute atomic E-state index is 0.132. The summed E-state index contributed by atoms with van der Waals surface area (Å²) < 4.78 is 7.20. The third-order valence-electron chi connectivity index (χ3n) is 10.1. The van der Waals surface area contributed by atoms with E-state index in [0.717, 1.165) is 45.4 Å². The van der Waals surface area contributed by atoms with Crippen molar-refractivity contribution in [3.05, 3.63) is 161 Å². The van der Waals surface area contributed by atoms with Gasteiger partial charge in [-0.05, 0) is 61.4 Å². The Morgan fingerprint density at radius 1 is 0.782 bits per heavy atom. The number of para-hydroxylation sites is 1. The highest BCUT2D eigenvalue weighted by molar-refractivity contribution is 7.17. The van der Waals surface area contributed by atoms with Gasteiger partial charge in [0, 0.05) is 18.5 Å². The van der Waals surface area contributed by atoms with Crippen LogP contribution in [0.4, 0.5) is 10.7 Å². The number of nitrogens with zero attached hydrogens (tertiary/aromatic N) is 6. The molecule has 4 heterocycles. The van der Waals surface area contributed by atoms with Crippen LogP contribution in [0, 0.1) is 6.92 Å². The zero-order valence-corrected chi connectivity index (χ0v) is 31.1. The molecular formula is C41H38N8O5S. The summed E-state index contributed by atoms with van der Waals surface area (Å²) in [5.41, 5.74) is 2.91. The molecule has 0 unspecified atom stereocenters. The number of fused-ring (bicyclic) bond motifs is 2. The van der Waals surface area contributed by atoms with Crippen LogP contribution in [0.5, 0.6) is 0 Å². The van der Waals surface area contributed by atoms with E-state index in [9.17, 15) is 24.0 Å². The molecule has 14 heteroatoms. The molecule has 0 fully saturated rings. The van der Waals surface area contributed by atoms with E-state index in [-0.39, 0.29) is 34.5 Å². The summed E-state index contributed by atoms with van der Waals surface area (Å²) in [5, 5.41) is 6.04. The van der Waals surface area contributed by atoms with Crippen LogP contribution in [0.2, 0.25) is 0 Å². The molecule has 1 aliphatic carbocycles. The molecule has 7 aromatic rings. The van der Waals surface area contributed by atoms with Gasteiger partial charge in [0.15, 0.2) is 11.2 Å². The number of carbonyl (C=O) groups is 2. The van der Waals surface area contributed by atoms with Crippen molar-refractivity contribution >= 4 is 45.0 Å². The van der Waals surface area contributed by atoms with E-state index in [1.165, 1.54) is 26.9 Å². The predicted octanol–water partition coefficient (Wildman–Crippen LogP) is 5.09. The number of rotatable bonds is 10. The number of imidazole rings is 1. The summed E-state index contributed by atoms with van der Waals surface area (Å²) in [7, 11) is 1.75. The fourth-order valence-corrected chi connectivity index (χ4v) is 8.58. The van der Waals surface area contributed by atoms with Gasteiger partial charge in [-0.2, -0.15) is 0 Å². The molecular weight excluding hydrogens is 717 g/mol. The van der Waals surface area contributed by atoms with Crippen LogP contribution in [-0.4, -0.2) is 39.9 Å².